The van der Waals surface area contributed by atoms with Gasteiger partial charge in [0.05, 0.1) is 0 Å². The number of rotatable bonds is 3. The quantitative estimate of drug-likeness (QED) is 0.863. The zero-order chi connectivity index (χ0) is 12.3. The van der Waals surface area contributed by atoms with Crippen LogP contribution >= 0.6 is 23.4 Å². The Labute approximate surface area is 110 Å². The summed E-state index contributed by atoms with van der Waals surface area (Å²) in [7, 11) is 0. The van der Waals surface area contributed by atoms with Crippen LogP contribution in [0.5, 0.6) is 5.75 Å². The lowest BCUT2D eigenvalue weighted by Crippen LogP contribution is -1.82. The van der Waals surface area contributed by atoms with Crippen molar-refractivity contribution in [1.29, 1.82) is 0 Å². The summed E-state index contributed by atoms with van der Waals surface area (Å²) in [6.07, 6.45) is 0.834. The van der Waals surface area contributed by atoms with Crippen molar-refractivity contribution in [2.24, 2.45) is 0 Å². The van der Waals surface area contributed by atoms with Crippen LogP contribution in [0.2, 0.25) is 5.02 Å². The van der Waals surface area contributed by atoms with Gasteiger partial charge in [-0.2, -0.15) is 0 Å². The average Bonchev–Trinajstić information content (AvgIpc) is 2.34. The molecule has 0 amide bonds. The smallest absolute Gasteiger partial charge is 0.118 e. The summed E-state index contributed by atoms with van der Waals surface area (Å²) >= 11 is 7.51. The molecule has 0 aliphatic rings. The van der Waals surface area contributed by atoms with E-state index in [1.54, 1.807) is 17.8 Å². The van der Waals surface area contributed by atoms with Gasteiger partial charge in [-0.15, -0.1) is 0 Å². The van der Waals surface area contributed by atoms with E-state index in [-0.39, 0.29) is 0 Å². The lowest BCUT2D eigenvalue weighted by Gasteiger charge is -2.06. The van der Waals surface area contributed by atoms with Gasteiger partial charge >= 0.3 is 0 Å². The molecule has 0 spiro atoms. The van der Waals surface area contributed by atoms with E-state index < -0.39 is 0 Å². The van der Waals surface area contributed by atoms with E-state index in [2.05, 4.69) is 0 Å². The molecule has 3 heteroatoms. The molecule has 17 heavy (non-hydrogen) atoms. The fraction of sp³-hybridized carbons (Fsp3) is 0.143. The maximum atomic E-state index is 9.61. The number of phenolic OH excluding ortho intramolecular Hbond substituents is 1. The Morgan fingerprint density at radius 1 is 1.06 bits per heavy atom. The Morgan fingerprint density at radius 2 is 1.71 bits per heavy atom. The zero-order valence-electron chi connectivity index (χ0n) is 9.48. The number of halogens is 1. The molecule has 1 nitrogen and oxygen atoms in total. The second kappa shape index (κ2) is 5.48. The van der Waals surface area contributed by atoms with Gasteiger partial charge < -0.3 is 5.11 Å². The summed E-state index contributed by atoms with van der Waals surface area (Å²) in [5.41, 5.74) is 0.976. The molecule has 2 rings (SSSR count). The first-order valence-corrected chi connectivity index (χ1v) is 6.64. The molecule has 0 saturated heterocycles. The summed E-state index contributed by atoms with van der Waals surface area (Å²) in [5, 5.41) is 10.4. The molecule has 0 unspecified atom stereocenters. The molecule has 88 valence electrons. The third-order valence-electron chi connectivity index (χ3n) is 2.48. The highest BCUT2D eigenvalue weighted by Gasteiger charge is 2.02. The van der Waals surface area contributed by atoms with Gasteiger partial charge in [0, 0.05) is 14.8 Å². The Kier molecular flexibility index (Phi) is 3.97. The van der Waals surface area contributed by atoms with E-state index in [1.165, 1.54) is 0 Å². The lowest BCUT2D eigenvalue weighted by molar-refractivity contribution is 0.468. The highest BCUT2D eigenvalue weighted by molar-refractivity contribution is 7.99. The minimum Gasteiger partial charge on any atom is -0.508 e. The van der Waals surface area contributed by atoms with Gasteiger partial charge in [-0.25, -0.2) is 0 Å². The molecule has 0 aliphatic carbocycles. The van der Waals surface area contributed by atoms with E-state index in [9.17, 15) is 5.11 Å². The molecule has 0 aromatic heterocycles. The SMILES string of the molecule is CCc1cc(Sc2ccc(Cl)cc2)ccc1O. The Morgan fingerprint density at radius 3 is 2.35 bits per heavy atom. The number of benzene rings is 2. The second-order valence-electron chi connectivity index (χ2n) is 3.70. The van der Waals surface area contributed by atoms with Crippen LogP contribution in [0.25, 0.3) is 0 Å². The Bertz CT molecular complexity index is 508. The van der Waals surface area contributed by atoms with E-state index in [4.69, 9.17) is 11.6 Å². The minimum absolute atomic E-state index is 0.368. The Hall–Kier alpha value is -1.12. The third kappa shape index (κ3) is 3.18. The van der Waals surface area contributed by atoms with Gasteiger partial charge in [0.1, 0.15) is 5.75 Å². The van der Waals surface area contributed by atoms with Crippen molar-refractivity contribution in [3.05, 3.63) is 53.1 Å². The van der Waals surface area contributed by atoms with Crippen molar-refractivity contribution in [2.45, 2.75) is 23.1 Å². The van der Waals surface area contributed by atoms with Gasteiger partial charge in [-0.3, -0.25) is 0 Å². The summed E-state index contributed by atoms with van der Waals surface area (Å²) in [6, 6.07) is 13.4. The molecule has 0 atom stereocenters. The highest BCUT2D eigenvalue weighted by atomic mass is 35.5. The maximum absolute atomic E-state index is 9.61. The monoisotopic (exact) mass is 264 g/mol. The van der Waals surface area contributed by atoms with E-state index in [0.717, 1.165) is 26.8 Å². The number of phenols is 1. The summed E-state index contributed by atoms with van der Waals surface area (Å²) in [4.78, 5) is 2.27. The van der Waals surface area contributed by atoms with Crippen LogP contribution in [0, 0.1) is 0 Å². The first-order chi connectivity index (χ1) is 8.19. The van der Waals surface area contributed by atoms with Crippen molar-refractivity contribution in [3.63, 3.8) is 0 Å². The number of aromatic hydroxyl groups is 1. The van der Waals surface area contributed by atoms with Crippen LogP contribution in [-0.4, -0.2) is 5.11 Å². The summed E-state index contributed by atoms with van der Waals surface area (Å²) in [6.45, 7) is 2.03. The summed E-state index contributed by atoms with van der Waals surface area (Å²) < 4.78 is 0. The van der Waals surface area contributed by atoms with Gasteiger partial charge in [0.15, 0.2) is 0 Å². The molecule has 2 aromatic rings. The second-order valence-corrected chi connectivity index (χ2v) is 5.28. The van der Waals surface area contributed by atoms with Crippen molar-refractivity contribution in [3.8, 4) is 5.75 Å². The number of hydrogen-bond acceptors (Lipinski definition) is 2. The van der Waals surface area contributed by atoms with Crippen molar-refractivity contribution < 1.29 is 5.11 Å². The van der Waals surface area contributed by atoms with Crippen LogP contribution in [0.3, 0.4) is 0 Å². The largest absolute Gasteiger partial charge is 0.508 e. The fourth-order valence-electron chi connectivity index (χ4n) is 1.55. The minimum atomic E-state index is 0.368. The molecule has 0 saturated carbocycles. The van der Waals surface area contributed by atoms with Gasteiger partial charge in [-0.05, 0) is 54.4 Å². The molecule has 0 fully saturated rings. The molecule has 2 aromatic carbocycles. The standard InChI is InChI=1S/C14H13ClOS/c1-2-10-9-13(7-8-14(10)16)17-12-5-3-11(15)4-6-12/h3-9,16H,2H2,1H3. The predicted octanol–water partition coefficient (Wildman–Crippen LogP) is 4.76. The molecule has 1 N–H and O–H groups in total. The van der Waals surface area contributed by atoms with Crippen LogP contribution in [0.15, 0.2) is 52.3 Å². The van der Waals surface area contributed by atoms with Crippen molar-refractivity contribution in [2.75, 3.05) is 0 Å². The van der Waals surface area contributed by atoms with Crippen LogP contribution < -0.4 is 0 Å². The molecule has 0 radical (unpaired) electrons. The van der Waals surface area contributed by atoms with Crippen molar-refractivity contribution >= 4 is 23.4 Å². The van der Waals surface area contributed by atoms with E-state index in [1.807, 2.05) is 43.3 Å². The molecule has 0 heterocycles. The number of aryl methyl sites for hydroxylation is 1. The van der Waals surface area contributed by atoms with E-state index >= 15 is 0 Å². The highest BCUT2D eigenvalue weighted by Crippen LogP contribution is 2.31. The Balaban J connectivity index is 2.21. The summed E-state index contributed by atoms with van der Waals surface area (Å²) in [5.74, 6) is 0.368. The topological polar surface area (TPSA) is 20.2 Å². The number of hydrogen-bond donors (Lipinski definition) is 1. The third-order valence-corrected chi connectivity index (χ3v) is 3.73. The van der Waals surface area contributed by atoms with Crippen molar-refractivity contribution in [1.82, 2.24) is 0 Å². The van der Waals surface area contributed by atoms with Gasteiger partial charge in [0.2, 0.25) is 0 Å². The van der Waals surface area contributed by atoms with E-state index in [0.29, 0.717) is 5.75 Å². The fourth-order valence-corrected chi connectivity index (χ4v) is 2.55. The first kappa shape index (κ1) is 12.3. The molecular formula is C14H13ClOS. The first-order valence-electron chi connectivity index (χ1n) is 5.44. The predicted molar refractivity (Wildman–Crippen MR) is 73.1 cm³/mol. The van der Waals surface area contributed by atoms with Crippen LogP contribution in [-0.2, 0) is 6.42 Å². The normalized spacial score (nSPS) is 10.5. The zero-order valence-corrected chi connectivity index (χ0v) is 11.1. The van der Waals surface area contributed by atoms with Gasteiger partial charge in [-0.1, -0.05) is 30.3 Å². The molecule has 0 aliphatic heterocycles. The van der Waals surface area contributed by atoms with Gasteiger partial charge in [0.25, 0.3) is 0 Å². The molecular weight excluding hydrogens is 252 g/mol. The lowest BCUT2D eigenvalue weighted by atomic mass is 10.1. The average molecular weight is 265 g/mol. The van der Waals surface area contributed by atoms with Crippen LogP contribution in [0.4, 0.5) is 0 Å². The van der Waals surface area contributed by atoms with Crippen LogP contribution in [0.1, 0.15) is 12.5 Å². The maximum Gasteiger partial charge on any atom is 0.118 e. The molecule has 0 bridgehead atoms.